The van der Waals surface area contributed by atoms with Crippen LogP contribution in [-0.4, -0.2) is 29.3 Å². The molecule has 1 aromatic carbocycles. The first-order chi connectivity index (χ1) is 13.0. The molecule has 0 radical (unpaired) electrons. The molecule has 144 valence electrons. The molecule has 3 rings (SSSR count). The number of fused-ring (bicyclic) bond motifs is 1. The number of para-hydroxylation sites is 1. The zero-order valence-electron chi connectivity index (χ0n) is 16.8. The second-order valence-corrected chi connectivity index (χ2v) is 7.17. The number of guanidine groups is 1. The lowest BCUT2D eigenvalue weighted by atomic mass is 10.1. The number of hydrogen-bond donors (Lipinski definition) is 2. The molecule has 0 aliphatic heterocycles. The van der Waals surface area contributed by atoms with Gasteiger partial charge in [0.05, 0.1) is 12.2 Å². The van der Waals surface area contributed by atoms with Crippen LogP contribution in [-0.2, 0) is 13.1 Å². The maximum atomic E-state index is 5.96. The second kappa shape index (κ2) is 8.29. The fourth-order valence-corrected chi connectivity index (χ4v) is 3.27. The van der Waals surface area contributed by atoms with Crippen LogP contribution in [0.25, 0.3) is 11.0 Å². The first kappa shape index (κ1) is 19.0. The minimum atomic E-state index is 0.425. The van der Waals surface area contributed by atoms with Crippen molar-refractivity contribution in [2.24, 2.45) is 10.9 Å². The Morgan fingerprint density at radius 3 is 2.67 bits per heavy atom. The molecule has 0 bridgehead atoms. The van der Waals surface area contributed by atoms with Crippen molar-refractivity contribution in [3.8, 4) is 0 Å². The number of rotatable bonds is 6. The Kier molecular flexibility index (Phi) is 5.84. The normalized spacial score (nSPS) is 13.1. The highest BCUT2D eigenvalue weighted by Gasteiger charge is 2.11. The van der Waals surface area contributed by atoms with Gasteiger partial charge in [-0.2, -0.15) is 5.10 Å². The molecule has 2 aromatic heterocycles. The smallest absolute Gasteiger partial charge is 0.191 e. The van der Waals surface area contributed by atoms with Gasteiger partial charge < -0.3 is 15.1 Å². The van der Waals surface area contributed by atoms with Crippen LogP contribution in [0.15, 0.2) is 39.7 Å². The average Bonchev–Trinajstić information content (AvgIpc) is 3.14. The van der Waals surface area contributed by atoms with E-state index < -0.39 is 0 Å². The van der Waals surface area contributed by atoms with Gasteiger partial charge in [0.25, 0.3) is 0 Å². The predicted molar refractivity (Wildman–Crippen MR) is 110 cm³/mol. The summed E-state index contributed by atoms with van der Waals surface area (Å²) in [6.45, 7) is 10.7. The van der Waals surface area contributed by atoms with E-state index in [1.807, 2.05) is 25.1 Å². The molecule has 1 unspecified atom stereocenters. The maximum Gasteiger partial charge on any atom is 0.191 e. The summed E-state index contributed by atoms with van der Waals surface area (Å²) in [7, 11) is 1.78. The number of hydrogen-bond acceptors (Lipinski definition) is 3. The summed E-state index contributed by atoms with van der Waals surface area (Å²) in [4.78, 5) is 4.32. The van der Waals surface area contributed by atoms with Gasteiger partial charge in [-0.3, -0.25) is 9.67 Å². The van der Waals surface area contributed by atoms with E-state index in [0.717, 1.165) is 41.5 Å². The van der Waals surface area contributed by atoms with Crippen LogP contribution in [0.5, 0.6) is 0 Å². The molecule has 0 amide bonds. The number of nitrogens with zero attached hydrogens (tertiary/aromatic N) is 3. The zero-order valence-corrected chi connectivity index (χ0v) is 16.8. The van der Waals surface area contributed by atoms with E-state index in [0.29, 0.717) is 12.5 Å². The van der Waals surface area contributed by atoms with Crippen molar-refractivity contribution < 1.29 is 4.42 Å². The standard InChI is InChI=1S/C21H29N5O/c1-14(13-26-16(3)10-15(2)25-26)11-23-21(22-5)24-12-20-17(4)18-8-6-7-9-19(18)27-20/h6-10,14H,11-13H2,1-5H3,(H2,22,23,24). The lowest BCUT2D eigenvalue weighted by Crippen LogP contribution is -2.39. The predicted octanol–water partition coefficient (Wildman–Crippen LogP) is 3.56. The van der Waals surface area contributed by atoms with Crippen LogP contribution in [0, 0.1) is 26.7 Å². The highest BCUT2D eigenvalue weighted by atomic mass is 16.3. The van der Waals surface area contributed by atoms with Crippen molar-refractivity contribution in [3.63, 3.8) is 0 Å². The molecular formula is C21H29N5O. The summed E-state index contributed by atoms with van der Waals surface area (Å²) in [5.74, 6) is 2.14. The van der Waals surface area contributed by atoms with Crippen molar-refractivity contribution in [1.82, 2.24) is 20.4 Å². The van der Waals surface area contributed by atoms with Crippen LogP contribution in [0.4, 0.5) is 0 Å². The second-order valence-electron chi connectivity index (χ2n) is 7.17. The highest BCUT2D eigenvalue weighted by Crippen LogP contribution is 2.24. The minimum absolute atomic E-state index is 0.425. The Hall–Kier alpha value is -2.76. The Labute approximate surface area is 160 Å². The third kappa shape index (κ3) is 4.51. The molecule has 27 heavy (non-hydrogen) atoms. The van der Waals surface area contributed by atoms with Crippen LogP contribution < -0.4 is 10.6 Å². The van der Waals surface area contributed by atoms with E-state index in [-0.39, 0.29) is 0 Å². The molecular weight excluding hydrogens is 338 g/mol. The Bertz CT molecular complexity index is 937. The molecule has 0 saturated heterocycles. The summed E-state index contributed by atoms with van der Waals surface area (Å²) in [5, 5.41) is 12.4. The number of aliphatic imine (C=N–C) groups is 1. The van der Waals surface area contributed by atoms with Gasteiger partial charge in [0, 0.05) is 36.8 Å². The third-order valence-corrected chi connectivity index (χ3v) is 4.79. The molecule has 0 aliphatic rings. The van der Waals surface area contributed by atoms with Crippen LogP contribution in [0.3, 0.4) is 0 Å². The zero-order chi connectivity index (χ0) is 19.4. The SMILES string of the molecule is CN=C(NCc1oc2ccccc2c1C)NCC(C)Cn1nc(C)cc1C. The summed E-state index contributed by atoms with van der Waals surface area (Å²) in [6, 6.07) is 10.2. The van der Waals surface area contributed by atoms with E-state index in [2.05, 4.69) is 58.3 Å². The quantitative estimate of drug-likeness (QED) is 0.516. The molecule has 6 heteroatoms. The summed E-state index contributed by atoms with van der Waals surface area (Å²) >= 11 is 0. The Morgan fingerprint density at radius 2 is 2.00 bits per heavy atom. The van der Waals surface area contributed by atoms with Crippen molar-refractivity contribution in [3.05, 3.63) is 53.0 Å². The minimum Gasteiger partial charge on any atom is -0.459 e. The third-order valence-electron chi connectivity index (χ3n) is 4.79. The summed E-state index contributed by atoms with van der Waals surface area (Å²) < 4.78 is 8.02. The van der Waals surface area contributed by atoms with Gasteiger partial charge >= 0.3 is 0 Å². The molecule has 1 atom stereocenters. The van der Waals surface area contributed by atoms with Crippen molar-refractivity contribution in [2.75, 3.05) is 13.6 Å². The van der Waals surface area contributed by atoms with Gasteiger partial charge in [0.2, 0.25) is 0 Å². The molecule has 0 aliphatic carbocycles. The number of aryl methyl sites for hydroxylation is 3. The van der Waals surface area contributed by atoms with Crippen LogP contribution in [0.1, 0.15) is 29.6 Å². The van der Waals surface area contributed by atoms with E-state index >= 15 is 0 Å². The van der Waals surface area contributed by atoms with E-state index in [9.17, 15) is 0 Å². The van der Waals surface area contributed by atoms with Crippen molar-refractivity contribution in [2.45, 2.75) is 40.8 Å². The largest absolute Gasteiger partial charge is 0.459 e. The molecule has 0 spiro atoms. The number of nitrogens with one attached hydrogen (secondary N) is 2. The molecule has 2 N–H and O–H groups in total. The van der Waals surface area contributed by atoms with Crippen molar-refractivity contribution >= 4 is 16.9 Å². The van der Waals surface area contributed by atoms with Gasteiger partial charge in [-0.15, -0.1) is 0 Å². The Balaban J connectivity index is 1.53. The topological polar surface area (TPSA) is 67.4 Å². The number of benzene rings is 1. The fourth-order valence-electron chi connectivity index (χ4n) is 3.27. The molecule has 0 fully saturated rings. The van der Waals surface area contributed by atoms with Gasteiger partial charge in [0.1, 0.15) is 11.3 Å². The number of aromatic nitrogens is 2. The molecule has 2 heterocycles. The lowest BCUT2D eigenvalue weighted by Gasteiger charge is -2.16. The van der Waals surface area contributed by atoms with Gasteiger partial charge in [-0.25, -0.2) is 0 Å². The summed E-state index contributed by atoms with van der Waals surface area (Å²) in [6.07, 6.45) is 0. The maximum absolute atomic E-state index is 5.96. The first-order valence-electron chi connectivity index (χ1n) is 9.40. The van der Waals surface area contributed by atoms with Gasteiger partial charge in [-0.05, 0) is 38.8 Å². The monoisotopic (exact) mass is 367 g/mol. The lowest BCUT2D eigenvalue weighted by molar-refractivity contribution is 0.435. The van der Waals surface area contributed by atoms with Crippen LogP contribution >= 0.6 is 0 Å². The van der Waals surface area contributed by atoms with Gasteiger partial charge in [-0.1, -0.05) is 25.1 Å². The first-order valence-corrected chi connectivity index (χ1v) is 9.40. The Morgan fingerprint density at radius 1 is 1.22 bits per heavy atom. The van der Waals surface area contributed by atoms with Gasteiger partial charge in [0.15, 0.2) is 5.96 Å². The number of furan rings is 1. The van der Waals surface area contributed by atoms with Crippen molar-refractivity contribution in [1.29, 1.82) is 0 Å². The van der Waals surface area contributed by atoms with E-state index in [4.69, 9.17) is 4.42 Å². The molecule has 0 saturated carbocycles. The molecule has 6 nitrogen and oxygen atoms in total. The highest BCUT2D eigenvalue weighted by molar-refractivity contribution is 5.82. The average molecular weight is 367 g/mol. The van der Waals surface area contributed by atoms with Crippen LogP contribution in [0.2, 0.25) is 0 Å². The fraction of sp³-hybridized carbons (Fsp3) is 0.429. The summed E-state index contributed by atoms with van der Waals surface area (Å²) in [5.41, 5.74) is 4.35. The van der Waals surface area contributed by atoms with E-state index in [1.165, 1.54) is 11.3 Å². The van der Waals surface area contributed by atoms with E-state index in [1.54, 1.807) is 7.05 Å². The molecule has 3 aromatic rings.